The van der Waals surface area contributed by atoms with Crippen LogP contribution < -0.4 is 10.1 Å². The molecule has 5 atom stereocenters. The third-order valence-corrected chi connectivity index (χ3v) is 9.49. The van der Waals surface area contributed by atoms with Crippen LogP contribution in [0.4, 0.5) is 0 Å². The molecule has 2 amide bonds. The van der Waals surface area contributed by atoms with E-state index in [4.69, 9.17) is 4.74 Å². The van der Waals surface area contributed by atoms with Gasteiger partial charge in [-0.25, -0.2) is 4.79 Å². The molecule has 0 bridgehead atoms. The lowest BCUT2D eigenvalue weighted by molar-refractivity contribution is -0.153. The van der Waals surface area contributed by atoms with Crippen molar-refractivity contribution in [2.24, 2.45) is 17.3 Å². The molecule has 0 spiro atoms. The lowest BCUT2D eigenvalue weighted by atomic mass is 9.72. The van der Waals surface area contributed by atoms with E-state index in [9.17, 15) is 19.5 Å². The van der Waals surface area contributed by atoms with Crippen molar-refractivity contribution in [1.82, 2.24) is 15.1 Å². The number of carboxylic acids is 1. The topological polar surface area (TPSA) is 99.2 Å². The zero-order chi connectivity index (χ0) is 31.3. The molecule has 5 rings (SSSR count). The van der Waals surface area contributed by atoms with Gasteiger partial charge in [-0.15, -0.1) is 0 Å². The number of benzene rings is 2. The van der Waals surface area contributed by atoms with Crippen molar-refractivity contribution in [3.05, 3.63) is 65.2 Å². The van der Waals surface area contributed by atoms with Gasteiger partial charge >= 0.3 is 5.97 Å². The lowest BCUT2D eigenvalue weighted by Crippen LogP contribution is -2.49. The molecule has 0 aromatic heterocycles. The number of nitrogens with zero attached hydrogens (tertiary/aromatic N) is 2. The number of likely N-dealkylation sites (tertiary alicyclic amines) is 2. The van der Waals surface area contributed by atoms with E-state index >= 15 is 0 Å². The van der Waals surface area contributed by atoms with Crippen molar-refractivity contribution in [1.29, 1.82) is 0 Å². The molecule has 8 heteroatoms. The van der Waals surface area contributed by atoms with E-state index in [-0.39, 0.29) is 35.7 Å². The van der Waals surface area contributed by atoms with Gasteiger partial charge in [-0.2, -0.15) is 0 Å². The molecule has 43 heavy (non-hydrogen) atoms. The number of amides is 2. The van der Waals surface area contributed by atoms with E-state index in [1.54, 1.807) is 12.0 Å². The van der Waals surface area contributed by atoms with Gasteiger partial charge in [0.25, 0.3) is 0 Å². The first-order valence-electron chi connectivity index (χ1n) is 15.5. The number of aliphatic carboxylic acids is 1. The summed E-state index contributed by atoms with van der Waals surface area (Å²) in [7, 11) is 1.66. The van der Waals surface area contributed by atoms with Gasteiger partial charge in [-0.1, -0.05) is 84.0 Å². The van der Waals surface area contributed by atoms with Crippen molar-refractivity contribution >= 4 is 17.8 Å². The Balaban J connectivity index is 1.57. The Bertz CT molecular complexity index is 1360. The van der Waals surface area contributed by atoms with Crippen molar-refractivity contribution in [3.63, 3.8) is 0 Å². The summed E-state index contributed by atoms with van der Waals surface area (Å²) in [5.74, 6) is -1.47. The summed E-state index contributed by atoms with van der Waals surface area (Å²) in [6.07, 6.45) is 2.08. The van der Waals surface area contributed by atoms with E-state index in [0.717, 1.165) is 29.7 Å². The van der Waals surface area contributed by atoms with Crippen LogP contribution in [0, 0.1) is 17.3 Å². The summed E-state index contributed by atoms with van der Waals surface area (Å²) < 4.78 is 5.73. The van der Waals surface area contributed by atoms with Crippen LogP contribution >= 0.6 is 0 Å². The van der Waals surface area contributed by atoms with Crippen LogP contribution in [-0.2, 0) is 26.3 Å². The van der Waals surface area contributed by atoms with Gasteiger partial charge in [0, 0.05) is 43.1 Å². The first-order valence-corrected chi connectivity index (χ1v) is 15.5. The number of hydrogen-bond acceptors (Lipinski definition) is 5. The highest BCUT2D eigenvalue weighted by atomic mass is 16.5. The number of hydrogen-bond donors (Lipinski definition) is 2. The van der Waals surface area contributed by atoms with Crippen LogP contribution in [0.5, 0.6) is 5.75 Å². The molecule has 8 nitrogen and oxygen atoms in total. The first-order chi connectivity index (χ1) is 20.2. The molecule has 3 fully saturated rings. The second-order valence-electron chi connectivity index (χ2n) is 14.6. The molecule has 2 saturated heterocycles. The largest absolute Gasteiger partial charge is 0.496 e. The van der Waals surface area contributed by atoms with Gasteiger partial charge in [0.1, 0.15) is 11.8 Å². The summed E-state index contributed by atoms with van der Waals surface area (Å²) in [6, 6.07) is 14.2. The molecule has 1 unspecified atom stereocenters. The molecule has 232 valence electrons. The van der Waals surface area contributed by atoms with E-state index in [1.807, 2.05) is 62.1 Å². The maximum Gasteiger partial charge on any atom is 0.326 e. The number of carboxylic acid groups (broad SMARTS) is 1. The Morgan fingerprint density at radius 2 is 1.70 bits per heavy atom. The molecule has 2 aromatic carbocycles. The van der Waals surface area contributed by atoms with Gasteiger partial charge in [0.2, 0.25) is 11.8 Å². The molecule has 2 aromatic rings. The fourth-order valence-corrected chi connectivity index (χ4v) is 7.19. The van der Waals surface area contributed by atoms with Crippen LogP contribution in [0.2, 0.25) is 0 Å². The highest BCUT2D eigenvalue weighted by Gasteiger charge is 2.59. The minimum Gasteiger partial charge on any atom is -0.496 e. The van der Waals surface area contributed by atoms with E-state index in [1.165, 1.54) is 5.56 Å². The van der Waals surface area contributed by atoms with Crippen LogP contribution in [0.25, 0.3) is 0 Å². The normalized spacial score (nSPS) is 26.2. The van der Waals surface area contributed by atoms with Gasteiger partial charge in [0.05, 0.1) is 19.1 Å². The second-order valence-corrected chi connectivity index (χ2v) is 14.6. The molecule has 3 aliphatic rings. The molecule has 2 aliphatic heterocycles. The van der Waals surface area contributed by atoms with Crippen LogP contribution in [0.3, 0.4) is 0 Å². The van der Waals surface area contributed by atoms with Crippen molar-refractivity contribution in [2.45, 2.75) is 96.9 Å². The predicted octanol–water partition coefficient (Wildman–Crippen LogP) is 5.16. The van der Waals surface area contributed by atoms with Crippen molar-refractivity contribution in [2.75, 3.05) is 13.7 Å². The Labute approximate surface area is 255 Å². The summed E-state index contributed by atoms with van der Waals surface area (Å²) in [4.78, 5) is 43.9. The first kappa shape index (κ1) is 31.0. The molecule has 2 N–H and O–H groups in total. The van der Waals surface area contributed by atoms with E-state index < -0.39 is 35.3 Å². The SMILES string of the molecule is COc1ccc(C(C)(C)C)cc1CN[C@H]1[C@H](C(C)(C)C)[C@@H](C(=O)O)N(C(=O)C2CC(=O)N(C3CC3)C2)[C@H]1c1ccccc1. The Morgan fingerprint density at radius 1 is 1.02 bits per heavy atom. The monoisotopic (exact) mass is 589 g/mol. The third-order valence-electron chi connectivity index (χ3n) is 9.49. The fraction of sp³-hybridized carbons (Fsp3) is 0.571. The van der Waals surface area contributed by atoms with Crippen LogP contribution in [0.15, 0.2) is 48.5 Å². The lowest BCUT2D eigenvalue weighted by Gasteiger charge is -2.35. The highest BCUT2D eigenvalue weighted by Crippen LogP contribution is 2.49. The number of carbonyl (C=O) groups is 3. The fourth-order valence-electron chi connectivity index (χ4n) is 7.19. The minimum absolute atomic E-state index is 0.00365. The maximum absolute atomic E-state index is 14.5. The highest BCUT2D eigenvalue weighted by molar-refractivity contribution is 5.92. The molecule has 1 aliphatic carbocycles. The Hall–Kier alpha value is -3.39. The summed E-state index contributed by atoms with van der Waals surface area (Å²) >= 11 is 0. The zero-order valence-electron chi connectivity index (χ0n) is 26.6. The van der Waals surface area contributed by atoms with Gasteiger partial charge in [-0.3, -0.25) is 9.59 Å². The zero-order valence-corrected chi connectivity index (χ0v) is 26.6. The maximum atomic E-state index is 14.5. The number of methoxy groups -OCH3 is 1. The minimum atomic E-state index is -1.05. The molecular weight excluding hydrogens is 542 g/mol. The van der Waals surface area contributed by atoms with E-state index in [2.05, 4.69) is 38.2 Å². The average molecular weight is 590 g/mol. The summed E-state index contributed by atoms with van der Waals surface area (Å²) in [5.41, 5.74) is 2.53. The van der Waals surface area contributed by atoms with Gasteiger partial charge in [0.15, 0.2) is 0 Å². The van der Waals surface area contributed by atoms with Gasteiger partial charge in [-0.05, 0) is 40.9 Å². The molecule has 1 saturated carbocycles. The molecule has 2 heterocycles. The quantitative estimate of drug-likeness (QED) is 0.441. The third kappa shape index (κ3) is 6.17. The van der Waals surface area contributed by atoms with Crippen LogP contribution in [0.1, 0.15) is 83.5 Å². The number of carbonyl (C=O) groups excluding carboxylic acids is 2. The second kappa shape index (κ2) is 11.6. The van der Waals surface area contributed by atoms with Gasteiger partial charge < -0.3 is 25.0 Å². The Kier molecular flexibility index (Phi) is 8.38. The van der Waals surface area contributed by atoms with Crippen molar-refractivity contribution in [3.8, 4) is 5.75 Å². The average Bonchev–Trinajstić information content (AvgIpc) is 3.61. The summed E-state index contributed by atoms with van der Waals surface area (Å²) in [6.45, 7) is 13.5. The standard InChI is InChI=1S/C35H47N3O5/c1-34(2,3)24-13-16-26(43-7)22(17-24)19-36-29-28(35(4,5)6)31(33(41)42)38(30(29)21-11-9-8-10-12-21)32(40)23-18-27(39)37(20-23)25-14-15-25/h8-13,16-17,23,25,28-31,36H,14-15,18-20H2,1-7H3,(H,41,42)/t23?,28-,29-,30-,31-/m0/s1. The van der Waals surface area contributed by atoms with Crippen LogP contribution in [-0.4, -0.2) is 64.5 Å². The predicted molar refractivity (Wildman–Crippen MR) is 166 cm³/mol. The number of nitrogens with one attached hydrogen (secondary N) is 1. The number of rotatable bonds is 8. The smallest absolute Gasteiger partial charge is 0.326 e. The molecular formula is C35H47N3O5. The summed E-state index contributed by atoms with van der Waals surface area (Å²) in [5, 5.41) is 14.5. The van der Waals surface area contributed by atoms with Crippen molar-refractivity contribution < 1.29 is 24.2 Å². The van der Waals surface area contributed by atoms with E-state index in [0.29, 0.717) is 13.1 Å². The molecule has 0 radical (unpaired) electrons. The number of ether oxygens (including phenoxy) is 1. The Morgan fingerprint density at radius 3 is 2.26 bits per heavy atom.